The number of aromatic nitrogens is 3. The first-order chi connectivity index (χ1) is 16.6. The summed E-state index contributed by atoms with van der Waals surface area (Å²) in [7, 11) is 0. The molecule has 2 aromatic carbocycles. The van der Waals surface area contributed by atoms with E-state index in [2.05, 4.69) is 25.6 Å². The molecule has 2 N–H and O–H groups in total. The molecule has 0 bridgehead atoms. The van der Waals surface area contributed by atoms with Gasteiger partial charge in [0.2, 0.25) is 11.9 Å². The van der Waals surface area contributed by atoms with E-state index in [-0.39, 0.29) is 23.9 Å². The van der Waals surface area contributed by atoms with Crippen LogP contribution in [-0.4, -0.2) is 34.1 Å². The molecule has 0 spiro atoms. The molecule has 184 valence electrons. The maximum atomic E-state index is 11.9. The fourth-order valence-electron chi connectivity index (χ4n) is 3.86. The van der Waals surface area contributed by atoms with E-state index >= 15 is 0 Å². The van der Waals surface area contributed by atoms with Crippen LogP contribution in [0.2, 0.25) is 10.0 Å². The Morgan fingerprint density at radius 2 is 1.43 bits per heavy atom. The molecule has 1 aliphatic rings. The summed E-state index contributed by atoms with van der Waals surface area (Å²) < 4.78 is 17.3. The van der Waals surface area contributed by atoms with Crippen LogP contribution in [0.4, 0.5) is 17.3 Å². The lowest BCUT2D eigenvalue weighted by Gasteiger charge is -2.36. The highest BCUT2D eigenvalue weighted by Crippen LogP contribution is 2.54. The average Bonchev–Trinajstić information content (AvgIpc) is 2.75. The van der Waals surface area contributed by atoms with Crippen molar-refractivity contribution in [2.24, 2.45) is 0 Å². The quantitative estimate of drug-likeness (QED) is 0.386. The highest BCUT2D eigenvalue weighted by molar-refractivity contribution is 6.31. The van der Waals surface area contributed by atoms with Gasteiger partial charge in [0.1, 0.15) is 0 Å². The van der Waals surface area contributed by atoms with Gasteiger partial charge in [0, 0.05) is 33.5 Å². The first-order valence-corrected chi connectivity index (χ1v) is 11.8. The molecule has 3 aromatic rings. The number of carbonyl (C=O) groups excluding carboxylic acids is 1. The summed E-state index contributed by atoms with van der Waals surface area (Å²) in [5.74, 6) is 0.959. The number of amides is 1. The second-order valence-electron chi connectivity index (χ2n) is 8.28. The molecule has 35 heavy (non-hydrogen) atoms. The van der Waals surface area contributed by atoms with E-state index in [9.17, 15) is 4.79 Å². The second-order valence-corrected chi connectivity index (χ2v) is 9.16. The van der Waals surface area contributed by atoms with E-state index in [1.165, 1.54) is 6.92 Å². The predicted octanol–water partition coefficient (Wildman–Crippen LogP) is 6.11. The minimum atomic E-state index is -0.561. The number of carbonyl (C=O) groups is 1. The summed E-state index contributed by atoms with van der Waals surface area (Å²) in [5, 5.41) is 6.93. The Hall–Kier alpha value is -3.30. The van der Waals surface area contributed by atoms with E-state index in [0.717, 1.165) is 11.1 Å². The molecule has 1 aliphatic heterocycles. The van der Waals surface area contributed by atoms with E-state index in [4.69, 9.17) is 37.4 Å². The van der Waals surface area contributed by atoms with Gasteiger partial charge in [0.15, 0.2) is 11.5 Å². The molecule has 4 rings (SSSR count). The maximum Gasteiger partial charge on any atom is 0.324 e. The molecule has 11 heteroatoms. The zero-order valence-corrected chi connectivity index (χ0v) is 21.5. The molecule has 1 amide bonds. The van der Waals surface area contributed by atoms with Gasteiger partial charge in [-0.15, -0.1) is 4.98 Å². The van der Waals surface area contributed by atoms with Crippen LogP contribution in [0.3, 0.4) is 0 Å². The molecular formula is C24H25Cl2N5O4. The minimum Gasteiger partial charge on any atom is -0.464 e. The van der Waals surface area contributed by atoms with Crippen molar-refractivity contribution in [3.8, 4) is 23.5 Å². The highest BCUT2D eigenvalue weighted by atomic mass is 35.5. The van der Waals surface area contributed by atoms with E-state index in [1.807, 2.05) is 39.8 Å². The molecular weight excluding hydrogens is 493 g/mol. The summed E-state index contributed by atoms with van der Waals surface area (Å²) in [6.45, 7) is 9.91. The van der Waals surface area contributed by atoms with Crippen LogP contribution in [0, 0.1) is 0 Å². The molecule has 0 radical (unpaired) electrons. The molecule has 0 fully saturated rings. The van der Waals surface area contributed by atoms with Crippen LogP contribution in [0.15, 0.2) is 24.3 Å². The molecule has 0 unspecified atom stereocenters. The Bertz CT molecular complexity index is 1280. The van der Waals surface area contributed by atoms with E-state index in [1.54, 1.807) is 12.1 Å². The lowest BCUT2D eigenvalue weighted by atomic mass is 9.75. The van der Waals surface area contributed by atoms with Gasteiger partial charge in [-0.3, -0.25) is 4.79 Å². The first-order valence-electron chi connectivity index (χ1n) is 11.0. The van der Waals surface area contributed by atoms with Gasteiger partial charge in [-0.2, -0.15) is 9.97 Å². The van der Waals surface area contributed by atoms with Crippen molar-refractivity contribution >= 4 is 46.4 Å². The molecule has 9 nitrogen and oxygen atoms in total. The van der Waals surface area contributed by atoms with Gasteiger partial charge < -0.3 is 24.8 Å². The SMILES string of the molecule is CCOc1nc(Nc2cc(Cl)cc3c2Oc2c(NC(C)=O)cc(Cl)cc2C3(C)C)nc(OCC)n1. The van der Waals surface area contributed by atoms with Crippen molar-refractivity contribution in [2.45, 2.75) is 40.0 Å². The van der Waals surface area contributed by atoms with Crippen LogP contribution in [0.1, 0.15) is 45.7 Å². The van der Waals surface area contributed by atoms with Gasteiger partial charge >= 0.3 is 12.0 Å². The zero-order valence-electron chi connectivity index (χ0n) is 20.0. The number of ether oxygens (including phenoxy) is 3. The van der Waals surface area contributed by atoms with Crippen LogP contribution < -0.4 is 24.8 Å². The third-order valence-corrected chi connectivity index (χ3v) is 5.79. The van der Waals surface area contributed by atoms with Crippen LogP contribution in [-0.2, 0) is 10.2 Å². The molecule has 0 atom stereocenters. The predicted molar refractivity (Wildman–Crippen MR) is 135 cm³/mol. The summed E-state index contributed by atoms with van der Waals surface area (Å²) >= 11 is 12.9. The third-order valence-electron chi connectivity index (χ3n) is 5.36. The summed E-state index contributed by atoms with van der Waals surface area (Å²) in [4.78, 5) is 24.6. The zero-order chi connectivity index (χ0) is 25.3. The normalized spacial score (nSPS) is 13.2. The number of nitrogens with zero attached hydrogens (tertiary/aromatic N) is 3. The average molecular weight is 518 g/mol. The van der Waals surface area contributed by atoms with Gasteiger partial charge in [-0.25, -0.2) is 0 Å². The van der Waals surface area contributed by atoms with E-state index < -0.39 is 5.41 Å². The van der Waals surface area contributed by atoms with Gasteiger partial charge in [0.05, 0.1) is 24.6 Å². The number of anilines is 3. The molecule has 0 saturated heterocycles. The van der Waals surface area contributed by atoms with Crippen molar-refractivity contribution in [2.75, 3.05) is 23.8 Å². The van der Waals surface area contributed by atoms with Crippen molar-refractivity contribution in [3.05, 3.63) is 45.4 Å². The maximum absolute atomic E-state index is 11.9. The highest BCUT2D eigenvalue weighted by Gasteiger charge is 2.38. The van der Waals surface area contributed by atoms with Gasteiger partial charge in [-0.1, -0.05) is 37.0 Å². The van der Waals surface area contributed by atoms with Crippen molar-refractivity contribution in [3.63, 3.8) is 0 Å². The third kappa shape index (κ3) is 5.06. The molecule has 2 heterocycles. The first kappa shape index (κ1) is 24.8. The number of hydrogen-bond acceptors (Lipinski definition) is 8. The minimum absolute atomic E-state index is 0.124. The Balaban J connectivity index is 1.84. The van der Waals surface area contributed by atoms with Gasteiger partial charge in [-0.05, 0) is 38.1 Å². The lowest BCUT2D eigenvalue weighted by Crippen LogP contribution is -2.26. The topological polar surface area (TPSA) is 107 Å². The van der Waals surface area contributed by atoms with Gasteiger partial charge in [0.25, 0.3) is 0 Å². The summed E-state index contributed by atoms with van der Waals surface area (Å²) in [5.41, 5.74) is 2.06. The smallest absolute Gasteiger partial charge is 0.324 e. The van der Waals surface area contributed by atoms with Crippen molar-refractivity contribution < 1.29 is 19.0 Å². The van der Waals surface area contributed by atoms with Crippen LogP contribution >= 0.6 is 23.2 Å². The molecule has 1 aromatic heterocycles. The number of benzene rings is 2. The fourth-order valence-corrected chi connectivity index (χ4v) is 4.30. The van der Waals surface area contributed by atoms with Crippen LogP contribution in [0.25, 0.3) is 0 Å². The number of halogens is 2. The number of nitrogens with one attached hydrogen (secondary N) is 2. The van der Waals surface area contributed by atoms with Crippen molar-refractivity contribution in [1.29, 1.82) is 0 Å². The summed E-state index contributed by atoms with van der Waals surface area (Å²) in [6, 6.07) is 7.28. The Morgan fingerprint density at radius 3 is 1.94 bits per heavy atom. The molecule has 0 saturated carbocycles. The van der Waals surface area contributed by atoms with E-state index in [0.29, 0.717) is 46.1 Å². The number of fused-ring (bicyclic) bond motifs is 2. The Labute approximate surface area is 213 Å². The second kappa shape index (κ2) is 9.75. The monoisotopic (exact) mass is 517 g/mol. The Kier molecular flexibility index (Phi) is 6.91. The fraction of sp³-hybridized carbons (Fsp3) is 0.333. The summed E-state index contributed by atoms with van der Waals surface area (Å²) in [6.07, 6.45) is 0. The van der Waals surface area contributed by atoms with Crippen LogP contribution in [0.5, 0.6) is 23.5 Å². The number of rotatable bonds is 7. The standard InChI is InChI=1S/C24H25Cl2N5O4/c1-6-33-22-29-21(30-23(31-22)34-7-2)28-18-11-14(26)9-16-20(18)35-19-15(24(16,4)5)8-13(25)10-17(19)27-12(3)32/h8-11H,6-7H2,1-5H3,(H,27,32)(H,28,29,30,31). The van der Waals surface area contributed by atoms with Crippen molar-refractivity contribution in [1.82, 2.24) is 15.0 Å². The molecule has 0 aliphatic carbocycles. The number of hydrogen-bond donors (Lipinski definition) is 2. The Morgan fingerprint density at radius 1 is 0.914 bits per heavy atom. The largest absolute Gasteiger partial charge is 0.464 e. The lowest BCUT2D eigenvalue weighted by molar-refractivity contribution is -0.114.